The Balaban J connectivity index is 1.75. The van der Waals surface area contributed by atoms with E-state index in [4.69, 9.17) is 4.74 Å². The van der Waals surface area contributed by atoms with Crippen molar-refractivity contribution in [1.29, 1.82) is 0 Å². The van der Waals surface area contributed by atoms with Crippen molar-refractivity contribution in [2.75, 3.05) is 25.6 Å². The van der Waals surface area contributed by atoms with Crippen LogP contribution in [0.2, 0.25) is 0 Å². The molecule has 2 aliphatic rings. The molecule has 4 rings (SSSR count). The predicted octanol–water partition coefficient (Wildman–Crippen LogP) is 4.24. The first-order valence-corrected chi connectivity index (χ1v) is 10.6. The fourth-order valence-electron chi connectivity index (χ4n) is 5.51. The molecule has 0 unspecified atom stereocenters. The summed E-state index contributed by atoms with van der Waals surface area (Å²) in [5.74, 6) is -0.0982. The number of hydrogen-bond donors (Lipinski definition) is 0. The van der Waals surface area contributed by atoms with E-state index >= 15 is 0 Å². The summed E-state index contributed by atoms with van der Waals surface area (Å²) in [5, 5.41) is 2.04. The molecule has 5 heteroatoms. The highest BCUT2D eigenvalue weighted by atomic mass is 16.5. The zero-order valence-corrected chi connectivity index (χ0v) is 17.8. The normalized spacial score (nSPS) is 25.4. The average Bonchev–Trinajstić information content (AvgIpc) is 3.29. The summed E-state index contributed by atoms with van der Waals surface area (Å²) < 4.78 is 5.44. The minimum absolute atomic E-state index is 0.0404. The van der Waals surface area contributed by atoms with Gasteiger partial charge in [-0.15, -0.1) is 0 Å². The van der Waals surface area contributed by atoms with Crippen LogP contribution in [0.5, 0.6) is 0 Å². The lowest BCUT2D eigenvalue weighted by Crippen LogP contribution is -2.45. The van der Waals surface area contributed by atoms with Gasteiger partial charge in [0.15, 0.2) is 0 Å². The molecule has 0 radical (unpaired) electrons. The van der Waals surface area contributed by atoms with Crippen LogP contribution < -0.4 is 4.90 Å². The van der Waals surface area contributed by atoms with E-state index in [0.29, 0.717) is 19.4 Å². The lowest BCUT2D eigenvalue weighted by Gasteiger charge is -2.34. The van der Waals surface area contributed by atoms with Gasteiger partial charge in [-0.25, -0.2) is 0 Å². The molecule has 0 aliphatic carbocycles. The zero-order chi connectivity index (χ0) is 20.8. The van der Waals surface area contributed by atoms with Gasteiger partial charge in [-0.3, -0.25) is 9.59 Å². The Morgan fingerprint density at radius 1 is 1.10 bits per heavy atom. The van der Waals surface area contributed by atoms with E-state index in [1.807, 2.05) is 63.2 Å². The molecule has 29 heavy (non-hydrogen) atoms. The smallest absolute Gasteiger partial charge is 0.314 e. The first kappa shape index (κ1) is 19.7. The third-order valence-corrected chi connectivity index (χ3v) is 6.90. The molecule has 0 spiro atoms. The molecule has 2 bridgehead atoms. The molecule has 2 aromatic rings. The Labute approximate surface area is 172 Å². The standard InChI is InChI=1S/C24H30N2O3/c1-5-24(23(28)29-6-2)15-16-11-14-21(24)26(16)22(27)19-12-13-20(25(3)4)18-10-8-7-9-17(18)19/h7-10,12-13,16,21H,5-6,11,14-15H2,1-4H3/t16-,21+,24+/m1/s1. The summed E-state index contributed by atoms with van der Waals surface area (Å²) in [5.41, 5.74) is 1.25. The zero-order valence-electron chi connectivity index (χ0n) is 17.8. The van der Waals surface area contributed by atoms with Crippen LogP contribution in [-0.4, -0.2) is 49.6 Å². The quantitative estimate of drug-likeness (QED) is 0.712. The fourth-order valence-corrected chi connectivity index (χ4v) is 5.51. The number of amides is 1. The molecule has 0 saturated carbocycles. The van der Waals surface area contributed by atoms with Gasteiger partial charge in [-0.05, 0) is 50.1 Å². The summed E-state index contributed by atoms with van der Waals surface area (Å²) in [4.78, 5) is 30.7. The Morgan fingerprint density at radius 3 is 2.48 bits per heavy atom. The van der Waals surface area contributed by atoms with E-state index in [0.717, 1.165) is 34.9 Å². The largest absolute Gasteiger partial charge is 0.466 e. The van der Waals surface area contributed by atoms with Crippen LogP contribution in [0, 0.1) is 5.41 Å². The van der Waals surface area contributed by atoms with Gasteiger partial charge in [-0.2, -0.15) is 0 Å². The summed E-state index contributed by atoms with van der Waals surface area (Å²) in [6, 6.07) is 12.1. The van der Waals surface area contributed by atoms with E-state index in [9.17, 15) is 9.59 Å². The van der Waals surface area contributed by atoms with Crippen LogP contribution in [0.4, 0.5) is 5.69 Å². The average molecular weight is 395 g/mol. The minimum atomic E-state index is -0.562. The van der Waals surface area contributed by atoms with Crippen molar-refractivity contribution in [1.82, 2.24) is 4.90 Å². The van der Waals surface area contributed by atoms with Crippen molar-refractivity contribution < 1.29 is 14.3 Å². The van der Waals surface area contributed by atoms with Gasteiger partial charge in [0.05, 0.1) is 12.0 Å². The maximum Gasteiger partial charge on any atom is 0.314 e. The summed E-state index contributed by atoms with van der Waals surface area (Å²) >= 11 is 0. The van der Waals surface area contributed by atoms with Crippen LogP contribution in [-0.2, 0) is 9.53 Å². The molecule has 1 amide bonds. The predicted molar refractivity (Wildman–Crippen MR) is 115 cm³/mol. The molecule has 2 aromatic carbocycles. The van der Waals surface area contributed by atoms with Crippen molar-refractivity contribution in [2.45, 2.75) is 51.6 Å². The van der Waals surface area contributed by atoms with Crippen molar-refractivity contribution in [3.8, 4) is 0 Å². The van der Waals surface area contributed by atoms with E-state index in [1.165, 1.54) is 0 Å². The summed E-state index contributed by atoms with van der Waals surface area (Å²) in [6.45, 7) is 4.26. The number of benzene rings is 2. The summed E-state index contributed by atoms with van der Waals surface area (Å²) in [6.07, 6.45) is 3.26. The Morgan fingerprint density at radius 2 is 1.83 bits per heavy atom. The highest BCUT2D eigenvalue weighted by Gasteiger charge is 2.61. The molecule has 2 heterocycles. The molecule has 2 fully saturated rings. The second-order valence-corrected chi connectivity index (χ2v) is 8.47. The monoisotopic (exact) mass is 394 g/mol. The van der Waals surface area contributed by atoms with Crippen molar-refractivity contribution in [2.24, 2.45) is 5.41 Å². The third-order valence-electron chi connectivity index (χ3n) is 6.90. The number of hydrogen-bond acceptors (Lipinski definition) is 4. The number of ether oxygens (including phenoxy) is 1. The maximum absolute atomic E-state index is 13.7. The van der Waals surface area contributed by atoms with Crippen LogP contribution in [0.1, 0.15) is 49.9 Å². The summed E-state index contributed by atoms with van der Waals surface area (Å²) in [7, 11) is 4.03. The lowest BCUT2D eigenvalue weighted by atomic mass is 9.72. The van der Waals surface area contributed by atoms with E-state index in [-0.39, 0.29) is 24.0 Å². The first-order chi connectivity index (χ1) is 13.9. The molecule has 0 N–H and O–H groups in total. The Bertz CT molecular complexity index is 954. The number of esters is 1. The van der Waals surface area contributed by atoms with Crippen molar-refractivity contribution in [3.05, 3.63) is 42.0 Å². The van der Waals surface area contributed by atoms with Crippen LogP contribution in [0.3, 0.4) is 0 Å². The van der Waals surface area contributed by atoms with E-state index < -0.39 is 5.41 Å². The van der Waals surface area contributed by atoms with Crippen LogP contribution in [0.15, 0.2) is 36.4 Å². The SMILES string of the molecule is CCOC(=O)[C@@]1(CC)C[C@H]2CC[C@@H]1N2C(=O)c1ccc(N(C)C)c2ccccc12. The molecule has 154 valence electrons. The van der Waals surface area contributed by atoms with Gasteiger partial charge in [0.25, 0.3) is 5.91 Å². The maximum atomic E-state index is 13.7. The number of carbonyl (C=O) groups excluding carboxylic acids is 2. The Kier molecular flexibility index (Phi) is 5.01. The molecule has 5 nitrogen and oxygen atoms in total. The molecular weight excluding hydrogens is 364 g/mol. The number of fused-ring (bicyclic) bond motifs is 3. The van der Waals surface area contributed by atoms with Gasteiger partial charge in [0.1, 0.15) is 0 Å². The van der Waals surface area contributed by atoms with Gasteiger partial charge in [0, 0.05) is 42.8 Å². The van der Waals surface area contributed by atoms with Crippen LogP contribution in [0.25, 0.3) is 10.8 Å². The fraction of sp³-hybridized carbons (Fsp3) is 0.500. The highest BCUT2D eigenvalue weighted by molar-refractivity contribution is 6.11. The first-order valence-electron chi connectivity index (χ1n) is 10.6. The second kappa shape index (κ2) is 7.36. The van der Waals surface area contributed by atoms with Gasteiger partial charge < -0.3 is 14.5 Å². The van der Waals surface area contributed by atoms with Crippen molar-refractivity contribution in [3.63, 3.8) is 0 Å². The third kappa shape index (κ3) is 2.90. The topological polar surface area (TPSA) is 49.9 Å². The van der Waals surface area contributed by atoms with Gasteiger partial charge >= 0.3 is 5.97 Å². The Hall–Kier alpha value is -2.56. The molecule has 3 atom stereocenters. The molecule has 0 aromatic heterocycles. The molecule has 2 saturated heterocycles. The molecular formula is C24H30N2O3. The number of nitrogens with zero attached hydrogens (tertiary/aromatic N) is 2. The number of carbonyl (C=O) groups is 2. The lowest BCUT2D eigenvalue weighted by molar-refractivity contribution is -0.157. The van der Waals surface area contributed by atoms with Gasteiger partial charge in [0.2, 0.25) is 0 Å². The number of rotatable bonds is 5. The minimum Gasteiger partial charge on any atom is -0.466 e. The van der Waals surface area contributed by atoms with Crippen LogP contribution >= 0.6 is 0 Å². The van der Waals surface area contributed by atoms with E-state index in [1.54, 1.807) is 0 Å². The van der Waals surface area contributed by atoms with Gasteiger partial charge in [-0.1, -0.05) is 31.2 Å². The number of anilines is 1. The van der Waals surface area contributed by atoms with Crippen molar-refractivity contribution >= 4 is 28.3 Å². The second-order valence-electron chi connectivity index (χ2n) is 8.47. The highest BCUT2D eigenvalue weighted by Crippen LogP contribution is 2.53. The molecule has 2 aliphatic heterocycles. The van der Waals surface area contributed by atoms with E-state index in [2.05, 4.69) is 11.0 Å².